The second-order valence-corrected chi connectivity index (χ2v) is 6.29. The molecule has 3 rings (SSSR count). The maximum Gasteiger partial charge on any atom is 0.130 e. The van der Waals surface area contributed by atoms with Gasteiger partial charge in [0.05, 0.1) is 16.7 Å². The smallest absolute Gasteiger partial charge is 0.130 e. The van der Waals surface area contributed by atoms with E-state index in [2.05, 4.69) is 27.6 Å². The lowest BCUT2D eigenvalue weighted by atomic mass is 10.1. The summed E-state index contributed by atoms with van der Waals surface area (Å²) >= 11 is 1.67. The van der Waals surface area contributed by atoms with Gasteiger partial charge in [-0.15, -0.1) is 11.3 Å². The first-order chi connectivity index (χ1) is 11.2. The molecule has 120 valence electrons. The molecule has 0 saturated heterocycles. The van der Waals surface area contributed by atoms with E-state index in [0.29, 0.717) is 6.54 Å². The zero-order valence-corrected chi connectivity index (χ0v) is 14.0. The van der Waals surface area contributed by atoms with Gasteiger partial charge in [-0.25, -0.2) is 14.4 Å². The molecule has 3 aromatic rings. The number of aromatic nitrogens is 3. The molecule has 0 aliphatic carbocycles. The Morgan fingerprint density at radius 1 is 1.39 bits per heavy atom. The van der Waals surface area contributed by atoms with Crippen molar-refractivity contribution in [3.63, 3.8) is 0 Å². The lowest BCUT2D eigenvalue weighted by molar-refractivity contribution is 0.547. The standard InChI is InChI=1S/C17H19FN4S/c1-3-15-21-14(11-23-15)10-20-16(17-19-7-8-22(17)2)12-5-4-6-13(18)9-12/h4-9,11,16,20H,3,10H2,1-2H3/t16-/m1/s1. The number of benzene rings is 1. The van der Waals surface area contributed by atoms with Gasteiger partial charge in [-0.2, -0.15) is 0 Å². The van der Waals surface area contributed by atoms with E-state index in [1.54, 1.807) is 29.7 Å². The third kappa shape index (κ3) is 3.65. The minimum atomic E-state index is -0.245. The first kappa shape index (κ1) is 15.8. The number of nitrogens with one attached hydrogen (secondary N) is 1. The van der Waals surface area contributed by atoms with Crippen molar-refractivity contribution in [3.8, 4) is 0 Å². The summed E-state index contributed by atoms with van der Waals surface area (Å²) in [6.07, 6.45) is 4.58. The van der Waals surface area contributed by atoms with Crippen molar-refractivity contribution in [3.05, 3.63) is 69.9 Å². The van der Waals surface area contributed by atoms with E-state index in [1.807, 2.05) is 23.9 Å². The van der Waals surface area contributed by atoms with Crippen LogP contribution in [0.5, 0.6) is 0 Å². The molecule has 1 atom stereocenters. The predicted octanol–water partition coefficient (Wildman–Crippen LogP) is 3.46. The molecule has 0 saturated carbocycles. The molecule has 4 nitrogen and oxygen atoms in total. The molecular weight excluding hydrogens is 311 g/mol. The monoisotopic (exact) mass is 330 g/mol. The van der Waals surface area contributed by atoms with E-state index in [4.69, 9.17) is 0 Å². The van der Waals surface area contributed by atoms with Crippen LogP contribution in [0.4, 0.5) is 4.39 Å². The Kier molecular flexibility index (Phi) is 4.83. The fourth-order valence-electron chi connectivity index (χ4n) is 2.50. The minimum Gasteiger partial charge on any atom is -0.336 e. The third-order valence-corrected chi connectivity index (χ3v) is 4.73. The maximum absolute atomic E-state index is 13.6. The van der Waals surface area contributed by atoms with E-state index < -0.39 is 0 Å². The third-order valence-electron chi connectivity index (χ3n) is 3.69. The highest BCUT2D eigenvalue weighted by Crippen LogP contribution is 2.22. The van der Waals surface area contributed by atoms with Crippen LogP contribution in [-0.4, -0.2) is 14.5 Å². The van der Waals surface area contributed by atoms with E-state index in [9.17, 15) is 4.39 Å². The van der Waals surface area contributed by atoms with Crippen LogP contribution in [0.25, 0.3) is 0 Å². The Hall–Kier alpha value is -2.05. The molecule has 0 radical (unpaired) electrons. The lowest BCUT2D eigenvalue weighted by Crippen LogP contribution is -2.25. The van der Waals surface area contributed by atoms with Gasteiger partial charge in [0.2, 0.25) is 0 Å². The first-order valence-corrected chi connectivity index (χ1v) is 8.44. The van der Waals surface area contributed by atoms with Crippen molar-refractivity contribution in [2.45, 2.75) is 25.9 Å². The number of hydrogen-bond acceptors (Lipinski definition) is 4. The summed E-state index contributed by atoms with van der Waals surface area (Å²) in [5.41, 5.74) is 1.85. The summed E-state index contributed by atoms with van der Waals surface area (Å²) in [4.78, 5) is 8.99. The van der Waals surface area contributed by atoms with Gasteiger partial charge in [-0.05, 0) is 24.1 Å². The molecular formula is C17H19FN4S. The van der Waals surface area contributed by atoms with Gasteiger partial charge in [-0.3, -0.25) is 5.32 Å². The SMILES string of the molecule is CCc1nc(CN[C@H](c2cccc(F)c2)c2nccn2C)cs1. The highest BCUT2D eigenvalue weighted by atomic mass is 32.1. The summed E-state index contributed by atoms with van der Waals surface area (Å²) < 4.78 is 15.6. The molecule has 0 bridgehead atoms. The van der Waals surface area contributed by atoms with Crippen molar-refractivity contribution < 1.29 is 4.39 Å². The summed E-state index contributed by atoms with van der Waals surface area (Å²) in [6.45, 7) is 2.71. The second-order valence-electron chi connectivity index (χ2n) is 5.35. The highest BCUT2D eigenvalue weighted by molar-refractivity contribution is 7.09. The average Bonchev–Trinajstić information content (AvgIpc) is 3.17. The number of aryl methyl sites for hydroxylation is 2. The zero-order chi connectivity index (χ0) is 16.2. The van der Waals surface area contributed by atoms with Crippen LogP contribution in [0, 0.1) is 5.82 Å². The molecule has 1 N–H and O–H groups in total. The van der Waals surface area contributed by atoms with Gasteiger partial charge in [0, 0.05) is 31.4 Å². The second kappa shape index (κ2) is 7.02. The molecule has 0 aliphatic heterocycles. The first-order valence-electron chi connectivity index (χ1n) is 7.56. The number of halogens is 1. The van der Waals surface area contributed by atoms with Crippen LogP contribution in [0.2, 0.25) is 0 Å². The Bertz CT molecular complexity index is 780. The van der Waals surface area contributed by atoms with Crippen LogP contribution in [-0.2, 0) is 20.0 Å². The van der Waals surface area contributed by atoms with Crippen molar-refractivity contribution in [1.29, 1.82) is 0 Å². The quantitative estimate of drug-likeness (QED) is 0.753. The van der Waals surface area contributed by atoms with Gasteiger partial charge in [0.1, 0.15) is 11.6 Å². The Morgan fingerprint density at radius 3 is 2.91 bits per heavy atom. The van der Waals surface area contributed by atoms with E-state index >= 15 is 0 Å². The lowest BCUT2D eigenvalue weighted by Gasteiger charge is -2.18. The molecule has 1 aromatic carbocycles. The molecule has 23 heavy (non-hydrogen) atoms. The van der Waals surface area contributed by atoms with Crippen molar-refractivity contribution in [2.75, 3.05) is 0 Å². The summed E-state index contributed by atoms with van der Waals surface area (Å²) in [5.74, 6) is 0.604. The van der Waals surface area contributed by atoms with Crippen LogP contribution in [0.1, 0.15) is 35.1 Å². The van der Waals surface area contributed by atoms with Gasteiger partial charge in [-0.1, -0.05) is 19.1 Å². The van der Waals surface area contributed by atoms with Crippen LogP contribution in [0.15, 0.2) is 42.0 Å². The maximum atomic E-state index is 13.6. The Morgan fingerprint density at radius 2 is 2.26 bits per heavy atom. The molecule has 0 spiro atoms. The highest BCUT2D eigenvalue weighted by Gasteiger charge is 2.18. The van der Waals surface area contributed by atoms with Gasteiger partial charge in [0.25, 0.3) is 0 Å². The molecule has 0 aliphatic rings. The largest absolute Gasteiger partial charge is 0.336 e. The van der Waals surface area contributed by atoms with Crippen molar-refractivity contribution in [2.24, 2.45) is 7.05 Å². The average molecular weight is 330 g/mol. The summed E-state index contributed by atoms with van der Waals surface area (Å²) in [7, 11) is 1.94. The van der Waals surface area contributed by atoms with Crippen LogP contribution in [0.3, 0.4) is 0 Å². The molecule has 2 aromatic heterocycles. The Labute approximate surface area is 139 Å². The molecule has 0 amide bonds. The topological polar surface area (TPSA) is 42.7 Å². The molecule has 0 fully saturated rings. The van der Waals surface area contributed by atoms with Crippen LogP contribution < -0.4 is 5.32 Å². The fraction of sp³-hybridized carbons (Fsp3) is 0.294. The van der Waals surface area contributed by atoms with Crippen molar-refractivity contribution >= 4 is 11.3 Å². The van der Waals surface area contributed by atoms with E-state index in [-0.39, 0.29) is 11.9 Å². The molecule has 6 heteroatoms. The van der Waals surface area contributed by atoms with Crippen LogP contribution >= 0.6 is 11.3 Å². The molecule has 0 unspecified atom stereocenters. The number of hydrogen-bond donors (Lipinski definition) is 1. The van der Waals surface area contributed by atoms with E-state index in [1.165, 1.54) is 6.07 Å². The normalized spacial score (nSPS) is 12.5. The number of imidazole rings is 1. The zero-order valence-electron chi connectivity index (χ0n) is 13.2. The molecule has 2 heterocycles. The number of nitrogens with zero attached hydrogens (tertiary/aromatic N) is 3. The Balaban J connectivity index is 1.85. The summed E-state index contributed by atoms with van der Waals surface area (Å²) in [6, 6.07) is 6.45. The van der Waals surface area contributed by atoms with E-state index in [0.717, 1.165) is 28.5 Å². The van der Waals surface area contributed by atoms with Gasteiger partial charge in [0.15, 0.2) is 0 Å². The number of rotatable bonds is 6. The summed E-state index contributed by atoms with van der Waals surface area (Å²) in [5, 5.41) is 6.64. The van der Waals surface area contributed by atoms with Crippen molar-refractivity contribution in [1.82, 2.24) is 19.9 Å². The van der Waals surface area contributed by atoms with Gasteiger partial charge >= 0.3 is 0 Å². The fourth-order valence-corrected chi connectivity index (χ4v) is 3.24. The predicted molar refractivity (Wildman–Crippen MR) is 89.8 cm³/mol. The minimum absolute atomic E-state index is 0.183. The van der Waals surface area contributed by atoms with Gasteiger partial charge < -0.3 is 4.57 Å². The number of thiazole rings is 1.